The van der Waals surface area contributed by atoms with Crippen LogP contribution in [0.1, 0.15) is 11.1 Å². The Labute approximate surface area is 111 Å². The summed E-state index contributed by atoms with van der Waals surface area (Å²) < 4.78 is 12.6. The number of rotatable bonds is 5. The molecule has 0 aliphatic heterocycles. The van der Waals surface area contributed by atoms with Crippen molar-refractivity contribution in [1.29, 1.82) is 5.41 Å². The molecule has 0 amide bonds. The molecule has 0 aliphatic rings. The number of nitrogens with one attached hydrogen (secondary N) is 1. The van der Waals surface area contributed by atoms with Crippen LogP contribution in [-0.4, -0.2) is 22.7 Å². The van der Waals surface area contributed by atoms with E-state index in [1.807, 2.05) is 13.2 Å². The van der Waals surface area contributed by atoms with Crippen molar-refractivity contribution in [2.45, 2.75) is 6.61 Å². The van der Waals surface area contributed by atoms with Gasteiger partial charge in [0.1, 0.15) is 12.4 Å². The fourth-order valence-electron chi connectivity index (χ4n) is 1.66. The summed E-state index contributed by atoms with van der Waals surface area (Å²) >= 11 is 0. The lowest BCUT2D eigenvalue weighted by molar-refractivity contribution is 0.284. The molecule has 0 fully saturated rings. The summed E-state index contributed by atoms with van der Waals surface area (Å²) in [5, 5.41) is 11.5. The first-order chi connectivity index (χ1) is 9.10. The van der Waals surface area contributed by atoms with Crippen LogP contribution in [-0.2, 0) is 13.7 Å². The molecule has 0 atom stereocenters. The van der Waals surface area contributed by atoms with Crippen LogP contribution < -0.4 is 15.2 Å². The van der Waals surface area contributed by atoms with E-state index in [4.69, 9.17) is 20.6 Å². The van der Waals surface area contributed by atoms with Crippen LogP contribution >= 0.6 is 0 Å². The molecule has 0 aliphatic carbocycles. The highest BCUT2D eigenvalue weighted by Gasteiger charge is 2.08. The lowest BCUT2D eigenvalue weighted by Crippen LogP contribution is -2.11. The van der Waals surface area contributed by atoms with E-state index in [0.29, 0.717) is 23.7 Å². The zero-order valence-corrected chi connectivity index (χ0v) is 10.9. The van der Waals surface area contributed by atoms with Gasteiger partial charge in [-0.2, -0.15) is 5.10 Å². The second-order valence-electron chi connectivity index (χ2n) is 4.09. The Morgan fingerprint density at radius 1 is 1.42 bits per heavy atom. The van der Waals surface area contributed by atoms with Gasteiger partial charge in [-0.3, -0.25) is 10.1 Å². The predicted octanol–water partition coefficient (Wildman–Crippen LogP) is 1.29. The maximum absolute atomic E-state index is 7.39. The van der Waals surface area contributed by atoms with Crippen molar-refractivity contribution in [3.8, 4) is 11.5 Å². The monoisotopic (exact) mass is 260 g/mol. The molecular formula is C13H16N4O2. The molecule has 0 spiro atoms. The van der Waals surface area contributed by atoms with E-state index in [9.17, 15) is 0 Å². The first-order valence-electron chi connectivity index (χ1n) is 5.73. The number of nitrogen functional groups attached to an aromatic ring is 1. The van der Waals surface area contributed by atoms with Crippen molar-refractivity contribution in [3.63, 3.8) is 0 Å². The lowest BCUT2D eigenvalue weighted by Gasteiger charge is -2.11. The molecular weight excluding hydrogens is 244 g/mol. The number of methoxy groups -OCH3 is 1. The summed E-state index contributed by atoms with van der Waals surface area (Å²) in [5.74, 6) is 1.16. The normalized spacial score (nSPS) is 10.2. The van der Waals surface area contributed by atoms with Gasteiger partial charge in [0, 0.05) is 24.4 Å². The van der Waals surface area contributed by atoms with Crippen LogP contribution in [0.4, 0.5) is 0 Å². The average Bonchev–Trinajstić information content (AvgIpc) is 2.81. The molecule has 1 heterocycles. The topological polar surface area (TPSA) is 86.2 Å². The summed E-state index contributed by atoms with van der Waals surface area (Å²) in [6.45, 7) is 0.406. The third kappa shape index (κ3) is 3.04. The number of nitrogens with two attached hydrogens (primary N) is 1. The van der Waals surface area contributed by atoms with Gasteiger partial charge < -0.3 is 15.2 Å². The standard InChI is InChI=1S/C13H16N4O2/c1-17-7-9(6-16-17)8-19-11-4-3-10(13(14)15)5-12(11)18-2/h3-7H,8H2,1-2H3,(H3,14,15). The van der Waals surface area contributed by atoms with Crippen molar-refractivity contribution in [2.75, 3.05) is 7.11 Å². The minimum Gasteiger partial charge on any atom is -0.493 e. The largest absolute Gasteiger partial charge is 0.493 e. The summed E-state index contributed by atoms with van der Waals surface area (Å²) in [5.41, 5.74) is 7.01. The van der Waals surface area contributed by atoms with Gasteiger partial charge in [-0.05, 0) is 18.2 Å². The van der Waals surface area contributed by atoms with Crippen LogP contribution in [0, 0.1) is 5.41 Å². The molecule has 0 saturated heterocycles. The number of aryl methyl sites for hydroxylation is 1. The van der Waals surface area contributed by atoms with Gasteiger partial charge in [0.2, 0.25) is 0 Å². The van der Waals surface area contributed by atoms with Crippen LogP contribution in [0.3, 0.4) is 0 Å². The van der Waals surface area contributed by atoms with Crippen molar-refractivity contribution in [3.05, 3.63) is 41.7 Å². The number of amidine groups is 1. The Kier molecular flexibility index (Phi) is 3.70. The Balaban J connectivity index is 2.13. The van der Waals surface area contributed by atoms with E-state index in [-0.39, 0.29) is 5.84 Å². The van der Waals surface area contributed by atoms with Gasteiger partial charge in [0.25, 0.3) is 0 Å². The highest BCUT2D eigenvalue weighted by atomic mass is 16.5. The van der Waals surface area contributed by atoms with E-state index in [1.54, 1.807) is 36.2 Å². The molecule has 0 bridgehead atoms. The van der Waals surface area contributed by atoms with Crippen molar-refractivity contribution < 1.29 is 9.47 Å². The molecule has 0 unspecified atom stereocenters. The van der Waals surface area contributed by atoms with Gasteiger partial charge >= 0.3 is 0 Å². The van der Waals surface area contributed by atoms with Crippen molar-refractivity contribution in [1.82, 2.24) is 9.78 Å². The first kappa shape index (κ1) is 12.9. The highest BCUT2D eigenvalue weighted by molar-refractivity contribution is 5.95. The minimum absolute atomic E-state index is 0.00268. The van der Waals surface area contributed by atoms with E-state index >= 15 is 0 Å². The lowest BCUT2D eigenvalue weighted by atomic mass is 10.2. The predicted molar refractivity (Wildman–Crippen MR) is 71.6 cm³/mol. The molecule has 6 nitrogen and oxygen atoms in total. The second kappa shape index (κ2) is 5.43. The molecule has 6 heteroatoms. The Bertz CT molecular complexity index is 592. The van der Waals surface area contributed by atoms with Crippen molar-refractivity contribution in [2.24, 2.45) is 12.8 Å². The van der Waals surface area contributed by atoms with Gasteiger partial charge in [-0.1, -0.05) is 0 Å². The summed E-state index contributed by atoms with van der Waals surface area (Å²) in [4.78, 5) is 0. The Morgan fingerprint density at radius 3 is 2.79 bits per heavy atom. The number of nitrogens with zero attached hydrogens (tertiary/aromatic N) is 2. The quantitative estimate of drug-likeness (QED) is 0.626. The summed E-state index contributed by atoms with van der Waals surface area (Å²) in [6.07, 6.45) is 3.63. The molecule has 1 aromatic carbocycles. The van der Waals surface area contributed by atoms with E-state index < -0.39 is 0 Å². The molecule has 0 radical (unpaired) electrons. The van der Waals surface area contributed by atoms with E-state index in [1.165, 1.54) is 0 Å². The van der Waals surface area contributed by atoms with E-state index in [2.05, 4.69) is 5.10 Å². The molecule has 2 aromatic rings. The van der Waals surface area contributed by atoms with Gasteiger partial charge in [0.05, 0.1) is 13.3 Å². The Hall–Kier alpha value is -2.50. The third-order valence-electron chi connectivity index (χ3n) is 2.63. The zero-order chi connectivity index (χ0) is 13.8. The van der Waals surface area contributed by atoms with Crippen LogP contribution in [0.5, 0.6) is 11.5 Å². The van der Waals surface area contributed by atoms with Crippen molar-refractivity contribution >= 4 is 5.84 Å². The first-order valence-corrected chi connectivity index (χ1v) is 5.73. The van der Waals surface area contributed by atoms with Crippen LogP contribution in [0.25, 0.3) is 0 Å². The van der Waals surface area contributed by atoms with Gasteiger partial charge in [0.15, 0.2) is 11.5 Å². The Morgan fingerprint density at radius 2 is 2.21 bits per heavy atom. The zero-order valence-electron chi connectivity index (χ0n) is 10.9. The SMILES string of the molecule is COc1cc(C(=N)N)ccc1OCc1cnn(C)c1. The number of benzene rings is 1. The average molecular weight is 260 g/mol. The van der Waals surface area contributed by atoms with Gasteiger partial charge in [-0.25, -0.2) is 0 Å². The molecule has 1 aromatic heterocycles. The maximum Gasteiger partial charge on any atom is 0.161 e. The molecule has 0 saturated carbocycles. The fraction of sp³-hybridized carbons (Fsp3) is 0.231. The van der Waals surface area contributed by atoms with Gasteiger partial charge in [-0.15, -0.1) is 0 Å². The summed E-state index contributed by atoms with van der Waals surface area (Å²) in [7, 11) is 3.40. The molecule has 19 heavy (non-hydrogen) atoms. The van der Waals surface area contributed by atoms with Crippen LogP contribution in [0.2, 0.25) is 0 Å². The maximum atomic E-state index is 7.39. The molecule has 3 N–H and O–H groups in total. The van der Waals surface area contributed by atoms with E-state index in [0.717, 1.165) is 5.56 Å². The number of hydrogen-bond donors (Lipinski definition) is 2. The smallest absolute Gasteiger partial charge is 0.161 e. The number of hydrogen-bond acceptors (Lipinski definition) is 4. The molecule has 2 rings (SSSR count). The number of ether oxygens (including phenoxy) is 2. The van der Waals surface area contributed by atoms with Crippen LogP contribution in [0.15, 0.2) is 30.6 Å². The molecule has 100 valence electrons. The fourth-order valence-corrected chi connectivity index (χ4v) is 1.66. The minimum atomic E-state index is -0.00268. The second-order valence-corrected chi connectivity index (χ2v) is 4.09. The summed E-state index contributed by atoms with van der Waals surface area (Å²) in [6, 6.07) is 5.15. The third-order valence-corrected chi connectivity index (χ3v) is 2.63. The number of aromatic nitrogens is 2. The highest BCUT2D eigenvalue weighted by Crippen LogP contribution is 2.28.